The molecule has 3 aromatic rings. The number of ether oxygens (including phenoxy) is 2. The average molecular weight is 676 g/mol. The maximum Gasteiger partial charge on any atom is 0.416 e. The average Bonchev–Trinajstić information content (AvgIpc) is 3.39. The highest BCUT2D eigenvalue weighted by Crippen LogP contribution is 2.48. The van der Waals surface area contributed by atoms with E-state index in [4.69, 9.17) is 21.1 Å². The van der Waals surface area contributed by atoms with Crippen molar-refractivity contribution >= 4 is 51.0 Å². The first-order valence-electron chi connectivity index (χ1n) is 13.0. The molecule has 1 saturated heterocycles. The summed E-state index contributed by atoms with van der Waals surface area (Å²) in [6.45, 7) is 7.25. The molecule has 11 nitrogen and oxygen atoms in total. The number of halogens is 5. The molecule has 42 heavy (non-hydrogen) atoms. The van der Waals surface area contributed by atoms with Crippen LogP contribution in [-0.4, -0.2) is 54.8 Å². The summed E-state index contributed by atoms with van der Waals surface area (Å²) in [5.74, 6) is -0.561. The van der Waals surface area contributed by atoms with E-state index in [0.717, 1.165) is 22.7 Å². The fourth-order valence-corrected chi connectivity index (χ4v) is 5.92. The highest BCUT2D eigenvalue weighted by molar-refractivity contribution is 9.10. The number of benzene rings is 1. The van der Waals surface area contributed by atoms with Gasteiger partial charge in [-0.3, -0.25) is 9.59 Å². The lowest BCUT2D eigenvalue weighted by Gasteiger charge is -2.39. The number of hydrogen-bond donors (Lipinski definition) is 1. The molecule has 1 spiro atoms. The molecule has 0 aliphatic carbocycles. The first-order chi connectivity index (χ1) is 19.5. The maximum absolute atomic E-state index is 13.8. The van der Waals surface area contributed by atoms with E-state index in [1.165, 1.54) is 4.57 Å². The van der Waals surface area contributed by atoms with Crippen molar-refractivity contribution in [1.82, 2.24) is 24.1 Å². The molecule has 2 amide bonds. The molecule has 1 atom stereocenters. The predicted octanol–water partition coefficient (Wildman–Crippen LogP) is 5.28. The number of hydrogen-bond acceptors (Lipinski definition) is 7. The molecule has 0 saturated carbocycles. The van der Waals surface area contributed by atoms with Crippen LogP contribution in [0.5, 0.6) is 0 Å². The number of alkyl halides is 3. The SMILES string of the molecule is C[C@H]1OC2(CCN(C(=O)OC(C)(C)C)CC2)c2c1n(CC(=O)Nc1ccc(C(F)(F)F)cc1Cl)c1nc(Br)nn1c2=O. The second-order valence-corrected chi connectivity index (χ2v) is 12.3. The zero-order valence-electron chi connectivity index (χ0n) is 23.0. The Kier molecular flexibility index (Phi) is 7.59. The van der Waals surface area contributed by atoms with Gasteiger partial charge in [-0.05, 0) is 74.7 Å². The molecule has 0 unspecified atom stereocenters. The summed E-state index contributed by atoms with van der Waals surface area (Å²) in [4.78, 5) is 45.5. The number of anilines is 1. The standard InChI is InChI=1S/C26H27BrClF3N6O5/c1-13-19-18(25(41-13)7-9-35(10-8-25)23(40)42-24(2,3)4)20(39)37-22(33-21(27)34-37)36(19)12-17(38)32-16-6-5-14(11-15(16)28)26(29,30)31/h5-6,11,13H,7-10,12H2,1-4H3,(H,32,38)/t13-/m1/s1. The molecule has 16 heteroatoms. The largest absolute Gasteiger partial charge is 0.444 e. The number of likely N-dealkylation sites (tertiary alicyclic amines) is 1. The number of amides is 2. The molecule has 2 aliphatic rings. The third-order valence-corrected chi connectivity index (χ3v) is 7.75. The van der Waals surface area contributed by atoms with Crippen molar-refractivity contribution in [1.29, 1.82) is 0 Å². The van der Waals surface area contributed by atoms with E-state index in [1.54, 1.807) is 32.6 Å². The lowest BCUT2D eigenvalue weighted by atomic mass is 9.85. The minimum Gasteiger partial charge on any atom is -0.444 e. The first kappa shape index (κ1) is 30.3. The van der Waals surface area contributed by atoms with Gasteiger partial charge in [0.15, 0.2) is 0 Å². The van der Waals surface area contributed by atoms with Gasteiger partial charge in [0.05, 0.1) is 33.6 Å². The van der Waals surface area contributed by atoms with E-state index in [9.17, 15) is 27.6 Å². The molecule has 2 aromatic heterocycles. The molecule has 2 aliphatic heterocycles. The van der Waals surface area contributed by atoms with Gasteiger partial charge in [0.25, 0.3) is 5.56 Å². The van der Waals surface area contributed by atoms with Gasteiger partial charge in [-0.25, -0.2) is 4.79 Å². The smallest absolute Gasteiger partial charge is 0.416 e. The number of nitrogens with one attached hydrogen (secondary N) is 1. The van der Waals surface area contributed by atoms with Crippen molar-refractivity contribution < 1.29 is 32.2 Å². The summed E-state index contributed by atoms with van der Waals surface area (Å²) in [5.41, 5.74) is -2.41. The van der Waals surface area contributed by atoms with Crippen molar-refractivity contribution in [3.05, 3.63) is 55.1 Å². The predicted molar refractivity (Wildman–Crippen MR) is 148 cm³/mol. The molecular formula is C26H27BrClF3N6O5. The number of piperidine rings is 1. The van der Waals surface area contributed by atoms with Gasteiger partial charge in [-0.1, -0.05) is 11.6 Å². The Hall–Kier alpha value is -3.17. The van der Waals surface area contributed by atoms with Gasteiger partial charge < -0.3 is 24.3 Å². The Morgan fingerprint density at radius 3 is 2.50 bits per heavy atom. The zero-order chi connectivity index (χ0) is 30.8. The lowest BCUT2D eigenvalue weighted by Crippen LogP contribution is -2.48. The number of carbonyl (C=O) groups is 2. The van der Waals surface area contributed by atoms with Crippen molar-refractivity contribution in [2.45, 2.75) is 70.6 Å². The third-order valence-electron chi connectivity index (χ3n) is 7.10. The minimum atomic E-state index is -4.59. The highest BCUT2D eigenvalue weighted by Gasteiger charge is 2.50. The van der Waals surface area contributed by atoms with Gasteiger partial charge in [0, 0.05) is 13.1 Å². The van der Waals surface area contributed by atoms with Crippen LogP contribution in [0, 0.1) is 0 Å². The monoisotopic (exact) mass is 674 g/mol. The molecule has 5 rings (SSSR count). The third kappa shape index (κ3) is 5.61. The van der Waals surface area contributed by atoms with Crippen LogP contribution in [0.2, 0.25) is 5.02 Å². The van der Waals surface area contributed by atoms with Crippen LogP contribution in [0.3, 0.4) is 0 Å². The summed E-state index contributed by atoms with van der Waals surface area (Å²) in [5, 5.41) is 6.41. The van der Waals surface area contributed by atoms with Crippen molar-refractivity contribution in [2.24, 2.45) is 0 Å². The molecular weight excluding hydrogens is 649 g/mol. The fourth-order valence-electron chi connectivity index (χ4n) is 5.38. The Morgan fingerprint density at radius 1 is 1.24 bits per heavy atom. The Bertz CT molecular complexity index is 1640. The molecule has 226 valence electrons. The van der Waals surface area contributed by atoms with Crippen molar-refractivity contribution in [3.63, 3.8) is 0 Å². The van der Waals surface area contributed by atoms with Gasteiger partial charge >= 0.3 is 12.3 Å². The molecule has 0 radical (unpaired) electrons. The van der Waals surface area contributed by atoms with Crippen LogP contribution in [0.25, 0.3) is 5.78 Å². The van der Waals surface area contributed by atoms with E-state index < -0.39 is 46.6 Å². The summed E-state index contributed by atoms with van der Waals surface area (Å²) < 4.78 is 53.7. The van der Waals surface area contributed by atoms with Crippen LogP contribution >= 0.6 is 27.5 Å². The van der Waals surface area contributed by atoms with Gasteiger partial charge in [0.2, 0.25) is 16.4 Å². The van der Waals surface area contributed by atoms with Gasteiger partial charge in [-0.15, -0.1) is 5.10 Å². The number of aromatic nitrogens is 4. The van der Waals surface area contributed by atoms with E-state index >= 15 is 0 Å². The van der Waals surface area contributed by atoms with Gasteiger partial charge in [0.1, 0.15) is 17.7 Å². The van der Waals surface area contributed by atoms with E-state index in [-0.39, 0.29) is 40.9 Å². The summed E-state index contributed by atoms with van der Waals surface area (Å²) in [6, 6.07) is 2.61. The number of fused-ring (bicyclic) bond motifs is 3. The van der Waals surface area contributed by atoms with E-state index in [0.29, 0.717) is 24.1 Å². The van der Waals surface area contributed by atoms with Crippen LogP contribution in [0.1, 0.15) is 63.5 Å². The summed E-state index contributed by atoms with van der Waals surface area (Å²) in [6.07, 6.45) is -5.09. The summed E-state index contributed by atoms with van der Waals surface area (Å²) in [7, 11) is 0. The first-order valence-corrected chi connectivity index (χ1v) is 14.2. The number of carbonyl (C=O) groups excluding carboxylic acids is 2. The fraction of sp³-hybridized carbons (Fsp3) is 0.500. The van der Waals surface area contributed by atoms with Crippen molar-refractivity contribution in [3.8, 4) is 0 Å². The zero-order valence-corrected chi connectivity index (χ0v) is 25.4. The number of nitrogens with zero attached hydrogens (tertiary/aromatic N) is 5. The maximum atomic E-state index is 13.8. The second kappa shape index (κ2) is 10.5. The van der Waals surface area contributed by atoms with Crippen LogP contribution in [-0.2, 0) is 32.6 Å². The second-order valence-electron chi connectivity index (χ2n) is 11.2. The van der Waals surface area contributed by atoms with Gasteiger partial charge in [-0.2, -0.15) is 22.7 Å². The quantitative estimate of drug-likeness (QED) is 0.401. The van der Waals surface area contributed by atoms with Crippen LogP contribution in [0.4, 0.5) is 23.7 Å². The van der Waals surface area contributed by atoms with Crippen molar-refractivity contribution in [2.75, 3.05) is 18.4 Å². The van der Waals surface area contributed by atoms with E-state index in [2.05, 4.69) is 31.3 Å². The Balaban J connectivity index is 1.48. The topological polar surface area (TPSA) is 120 Å². The van der Waals surface area contributed by atoms with Crippen LogP contribution < -0.4 is 10.9 Å². The molecule has 1 fully saturated rings. The normalized spacial score (nSPS) is 18.4. The Morgan fingerprint density at radius 2 is 1.90 bits per heavy atom. The minimum absolute atomic E-state index is 0.0127. The summed E-state index contributed by atoms with van der Waals surface area (Å²) >= 11 is 9.22. The highest BCUT2D eigenvalue weighted by atomic mass is 79.9. The molecule has 1 aromatic carbocycles. The Labute approximate surface area is 251 Å². The lowest BCUT2D eigenvalue weighted by molar-refractivity contribution is -0.137. The number of rotatable bonds is 3. The molecule has 1 N–H and O–H groups in total. The van der Waals surface area contributed by atoms with Crippen LogP contribution in [0.15, 0.2) is 27.7 Å². The molecule has 0 bridgehead atoms. The molecule has 4 heterocycles. The van der Waals surface area contributed by atoms with E-state index in [1.807, 2.05) is 0 Å².